The van der Waals surface area contributed by atoms with Crippen LogP contribution in [0.4, 0.5) is 0 Å². The Balaban J connectivity index is 2.36. The van der Waals surface area contributed by atoms with Crippen LogP contribution in [0.25, 0.3) is 0 Å². The summed E-state index contributed by atoms with van der Waals surface area (Å²) in [5, 5.41) is 0. The van der Waals surface area contributed by atoms with Crippen molar-refractivity contribution >= 4 is 0 Å². The molecule has 0 heteroatoms. The summed E-state index contributed by atoms with van der Waals surface area (Å²) in [5.41, 5.74) is 3.16. The molecule has 0 spiro atoms. The van der Waals surface area contributed by atoms with E-state index in [1.807, 2.05) is 0 Å². The minimum atomic E-state index is 0.741. The minimum Gasteiger partial charge on any atom is -0.129 e. The molecule has 1 aliphatic rings. The lowest BCUT2D eigenvalue weighted by Crippen LogP contribution is -2.01. The smallest absolute Gasteiger partial charge is 0.00913 e. The van der Waals surface area contributed by atoms with Crippen molar-refractivity contribution in [1.29, 1.82) is 0 Å². The third-order valence-corrected chi connectivity index (χ3v) is 1.97. The van der Waals surface area contributed by atoms with E-state index in [0.29, 0.717) is 0 Å². The van der Waals surface area contributed by atoms with Crippen molar-refractivity contribution in [3.05, 3.63) is 17.9 Å². The van der Waals surface area contributed by atoms with Crippen LogP contribution < -0.4 is 0 Å². The molecule has 0 aromatic heterocycles. The number of hydrogen-bond donors (Lipinski definition) is 0. The molecule has 0 bridgehead atoms. The third-order valence-electron chi connectivity index (χ3n) is 1.97. The predicted octanol–water partition coefficient (Wildman–Crippen LogP) is 2.76. The zero-order valence-corrected chi connectivity index (χ0v) is 6.22. The monoisotopic (exact) mass is 122 g/mol. The molecule has 1 unspecified atom stereocenters. The van der Waals surface area contributed by atoms with Crippen LogP contribution in [-0.4, -0.2) is 0 Å². The van der Waals surface area contributed by atoms with Gasteiger partial charge in [0.05, 0.1) is 0 Å². The lowest BCUT2D eigenvalue weighted by molar-refractivity contribution is 0.483. The molecule has 1 rings (SSSR count). The molecule has 0 amide bonds. The van der Waals surface area contributed by atoms with Gasteiger partial charge in [-0.3, -0.25) is 0 Å². The molecule has 0 aromatic rings. The molecule has 0 N–H and O–H groups in total. The summed E-state index contributed by atoms with van der Waals surface area (Å²) in [6.45, 7) is 4.50. The summed E-state index contributed by atoms with van der Waals surface area (Å²) in [6.07, 6.45) is 6.99. The van der Waals surface area contributed by atoms with E-state index in [4.69, 9.17) is 0 Å². The lowest BCUT2D eigenvalue weighted by Gasteiger charge is -2.10. The van der Waals surface area contributed by atoms with Crippen molar-refractivity contribution in [2.75, 3.05) is 0 Å². The maximum atomic E-state index is 3.16. The first kappa shape index (κ1) is 6.64. The number of rotatable bonds is 2. The Kier molecular flexibility index (Phi) is 2.13. The van der Waals surface area contributed by atoms with Crippen LogP contribution in [-0.2, 0) is 0 Å². The van der Waals surface area contributed by atoms with E-state index >= 15 is 0 Å². The van der Waals surface area contributed by atoms with Crippen LogP contribution in [0.3, 0.4) is 0 Å². The zero-order valence-electron chi connectivity index (χ0n) is 6.22. The fourth-order valence-corrected chi connectivity index (χ4v) is 1.29. The second-order valence-corrected chi connectivity index (χ2v) is 2.81. The van der Waals surface area contributed by atoms with E-state index in [1.54, 1.807) is 0 Å². The van der Waals surface area contributed by atoms with Crippen molar-refractivity contribution in [1.82, 2.24) is 0 Å². The second kappa shape index (κ2) is 2.89. The first-order valence-electron chi connectivity index (χ1n) is 3.77. The average Bonchev–Trinajstić information content (AvgIpc) is 2.18. The van der Waals surface area contributed by atoms with Gasteiger partial charge in [0, 0.05) is 0 Å². The summed E-state index contributed by atoms with van der Waals surface area (Å²) < 4.78 is 0. The van der Waals surface area contributed by atoms with Gasteiger partial charge in [0.25, 0.3) is 0 Å². The van der Waals surface area contributed by atoms with Gasteiger partial charge < -0.3 is 0 Å². The Morgan fingerprint density at radius 1 is 1.44 bits per heavy atom. The van der Waals surface area contributed by atoms with Crippen LogP contribution >= 0.6 is 0 Å². The fourth-order valence-electron chi connectivity index (χ4n) is 1.29. The van der Waals surface area contributed by atoms with Gasteiger partial charge in [0.15, 0.2) is 0 Å². The molecule has 9 heavy (non-hydrogen) atoms. The predicted molar refractivity (Wildman–Crippen MR) is 40.2 cm³/mol. The second-order valence-electron chi connectivity index (χ2n) is 2.81. The quantitative estimate of drug-likeness (QED) is 0.494. The highest BCUT2D eigenvalue weighted by Crippen LogP contribution is 2.23. The Labute approximate surface area is 57.3 Å². The van der Waals surface area contributed by atoms with Gasteiger partial charge in [-0.05, 0) is 30.4 Å². The van der Waals surface area contributed by atoms with E-state index < -0.39 is 0 Å². The van der Waals surface area contributed by atoms with Crippen LogP contribution in [0, 0.1) is 11.8 Å². The summed E-state index contributed by atoms with van der Waals surface area (Å²) in [5.74, 6) is 1.53. The lowest BCUT2D eigenvalue weighted by atomic mass is 9.94. The molecular weight excluding hydrogens is 108 g/mol. The molecule has 0 radical (unpaired) electrons. The van der Waals surface area contributed by atoms with Crippen LogP contribution in [0.5, 0.6) is 0 Å². The maximum absolute atomic E-state index is 3.16. The summed E-state index contributed by atoms with van der Waals surface area (Å²) in [7, 11) is 0. The van der Waals surface area contributed by atoms with Gasteiger partial charge in [0.2, 0.25) is 0 Å². The molecular formula is C9H14. The molecule has 0 heterocycles. The summed E-state index contributed by atoms with van der Waals surface area (Å²) >= 11 is 0. The summed E-state index contributed by atoms with van der Waals surface area (Å²) in [4.78, 5) is 0. The number of hydrogen-bond acceptors (Lipinski definition) is 0. The molecule has 0 saturated heterocycles. The van der Waals surface area contributed by atoms with Crippen LogP contribution in [0.15, 0.2) is 17.9 Å². The Bertz CT molecular complexity index is 138. The number of allylic oxidation sites excluding steroid dienone is 1. The van der Waals surface area contributed by atoms with Gasteiger partial charge >= 0.3 is 0 Å². The molecule has 0 aliphatic heterocycles. The maximum Gasteiger partial charge on any atom is -0.00913 e. The van der Waals surface area contributed by atoms with Crippen molar-refractivity contribution < 1.29 is 0 Å². The molecule has 0 fully saturated rings. The Morgan fingerprint density at radius 2 is 2.22 bits per heavy atom. The van der Waals surface area contributed by atoms with Gasteiger partial charge in [-0.15, -0.1) is 5.73 Å². The standard InChI is InChI=1S/C9H14/c1-3-5-9-7-4-6-8(9)2/h6-9H,3,5H2,1-2H3/t8-,9?/m0/s1. The molecule has 0 saturated carbocycles. The van der Waals surface area contributed by atoms with Crippen LogP contribution in [0.1, 0.15) is 26.7 Å². The van der Waals surface area contributed by atoms with E-state index in [2.05, 4.69) is 31.7 Å². The average molecular weight is 122 g/mol. The molecule has 2 atom stereocenters. The van der Waals surface area contributed by atoms with Crippen molar-refractivity contribution in [3.63, 3.8) is 0 Å². The first-order chi connectivity index (χ1) is 4.34. The highest BCUT2D eigenvalue weighted by Gasteiger charge is 2.13. The van der Waals surface area contributed by atoms with Gasteiger partial charge in [-0.1, -0.05) is 20.3 Å². The molecule has 0 nitrogen and oxygen atoms in total. The molecule has 0 aromatic carbocycles. The van der Waals surface area contributed by atoms with Crippen molar-refractivity contribution in [3.8, 4) is 0 Å². The topological polar surface area (TPSA) is 0 Å². The highest BCUT2D eigenvalue weighted by atomic mass is 14.2. The van der Waals surface area contributed by atoms with E-state index in [1.165, 1.54) is 12.8 Å². The van der Waals surface area contributed by atoms with E-state index in [-0.39, 0.29) is 0 Å². The molecule has 50 valence electrons. The minimum absolute atomic E-state index is 0.741. The third kappa shape index (κ3) is 1.46. The van der Waals surface area contributed by atoms with E-state index in [0.717, 1.165) is 11.8 Å². The zero-order chi connectivity index (χ0) is 6.69. The fraction of sp³-hybridized carbons (Fsp3) is 0.667. The largest absolute Gasteiger partial charge is 0.129 e. The first-order valence-corrected chi connectivity index (χ1v) is 3.77. The highest BCUT2D eigenvalue weighted by molar-refractivity contribution is 5.04. The normalized spacial score (nSPS) is 31.8. The Hall–Kier alpha value is -0.480. The van der Waals surface area contributed by atoms with Gasteiger partial charge in [-0.25, -0.2) is 0 Å². The summed E-state index contributed by atoms with van der Waals surface area (Å²) in [6, 6.07) is 0. The van der Waals surface area contributed by atoms with Gasteiger partial charge in [-0.2, -0.15) is 0 Å². The van der Waals surface area contributed by atoms with E-state index in [9.17, 15) is 0 Å². The van der Waals surface area contributed by atoms with Crippen molar-refractivity contribution in [2.45, 2.75) is 26.7 Å². The Morgan fingerprint density at radius 3 is 2.67 bits per heavy atom. The van der Waals surface area contributed by atoms with Crippen LogP contribution in [0.2, 0.25) is 0 Å². The van der Waals surface area contributed by atoms with Crippen molar-refractivity contribution in [2.24, 2.45) is 11.8 Å². The SMILES string of the molecule is CCCC1C=C=C[C@@H]1C. The van der Waals surface area contributed by atoms with Gasteiger partial charge in [0.1, 0.15) is 0 Å². The molecule has 1 aliphatic carbocycles.